The van der Waals surface area contributed by atoms with Gasteiger partial charge in [0.25, 0.3) is 0 Å². The number of benzene rings is 1. The van der Waals surface area contributed by atoms with Crippen molar-refractivity contribution in [1.82, 2.24) is 9.78 Å². The van der Waals surface area contributed by atoms with E-state index in [1.807, 2.05) is 48.4 Å². The van der Waals surface area contributed by atoms with Crippen LogP contribution in [0.1, 0.15) is 11.1 Å². The lowest BCUT2D eigenvalue weighted by Gasteiger charge is -2.18. The average molecular weight is 240 g/mol. The van der Waals surface area contributed by atoms with Crippen LogP contribution in [0.2, 0.25) is 0 Å². The van der Waals surface area contributed by atoms with Crippen LogP contribution >= 0.6 is 0 Å². The van der Waals surface area contributed by atoms with Crippen molar-refractivity contribution in [2.75, 3.05) is 18.5 Å². The zero-order valence-corrected chi connectivity index (χ0v) is 10.7. The van der Waals surface area contributed by atoms with Crippen molar-refractivity contribution in [2.24, 2.45) is 7.05 Å². The summed E-state index contributed by atoms with van der Waals surface area (Å²) in [6.07, 6.45) is 4.89. The Morgan fingerprint density at radius 2 is 2.06 bits per heavy atom. The highest BCUT2D eigenvalue weighted by molar-refractivity contribution is 5.49. The number of aryl methyl sites for hydroxylation is 1. The summed E-state index contributed by atoms with van der Waals surface area (Å²) in [5.74, 6) is 0. The monoisotopic (exact) mass is 240 g/mol. The minimum Gasteiger partial charge on any atom is -0.374 e. The minimum atomic E-state index is 0.694. The van der Waals surface area contributed by atoms with Crippen LogP contribution < -0.4 is 4.90 Å². The van der Waals surface area contributed by atoms with Crippen molar-refractivity contribution in [3.05, 3.63) is 47.8 Å². The highest BCUT2D eigenvalue weighted by Gasteiger charge is 2.02. The quantitative estimate of drug-likeness (QED) is 0.820. The summed E-state index contributed by atoms with van der Waals surface area (Å²) >= 11 is 0. The topological polar surface area (TPSA) is 44.9 Å². The van der Waals surface area contributed by atoms with Gasteiger partial charge in [0.2, 0.25) is 0 Å². The van der Waals surface area contributed by atoms with Gasteiger partial charge in [-0.25, -0.2) is 0 Å². The third kappa shape index (κ3) is 2.89. The van der Waals surface area contributed by atoms with E-state index in [4.69, 9.17) is 5.26 Å². The summed E-state index contributed by atoms with van der Waals surface area (Å²) in [6.45, 7) is 0.928. The van der Waals surface area contributed by atoms with Gasteiger partial charge in [0.15, 0.2) is 0 Å². The van der Waals surface area contributed by atoms with Crippen LogP contribution in [0.3, 0.4) is 0 Å². The lowest BCUT2D eigenvalue weighted by atomic mass is 10.2. The molecule has 0 radical (unpaired) electrons. The maximum Gasteiger partial charge on any atom is 0.0991 e. The zero-order valence-electron chi connectivity index (χ0n) is 10.7. The predicted octanol–water partition coefficient (Wildman–Crippen LogP) is 1.97. The van der Waals surface area contributed by atoms with Gasteiger partial charge in [-0.1, -0.05) is 0 Å². The molecular formula is C14H16N4. The Bertz CT molecular complexity index is 548. The van der Waals surface area contributed by atoms with E-state index >= 15 is 0 Å². The second-order valence-electron chi connectivity index (χ2n) is 4.35. The van der Waals surface area contributed by atoms with E-state index in [-0.39, 0.29) is 0 Å². The number of hydrogen-bond acceptors (Lipinski definition) is 3. The van der Waals surface area contributed by atoms with E-state index in [0.717, 1.165) is 18.7 Å². The molecule has 0 N–H and O–H groups in total. The second kappa shape index (κ2) is 5.37. The number of nitrogens with zero attached hydrogens (tertiary/aromatic N) is 4. The molecule has 0 saturated carbocycles. The fourth-order valence-electron chi connectivity index (χ4n) is 1.82. The molecule has 1 aromatic heterocycles. The number of anilines is 1. The normalized spacial score (nSPS) is 10.1. The summed E-state index contributed by atoms with van der Waals surface area (Å²) in [6, 6.07) is 9.76. The number of aromatic nitrogens is 2. The minimum absolute atomic E-state index is 0.694. The number of hydrogen-bond donors (Lipinski definition) is 0. The van der Waals surface area contributed by atoms with E-state index in [9.17, 15) is 0 Å². The van der Waals surface area contributed by atoms with Gasteiger partial charge in [-0.15, -0.1) is 0 Å². The highest BCUT2D eigenvalue weighted by Crippen LogP contribution is 2.13. The van der Waals surface area contributed by atoms with Crippen LogP contribution in [0.25, 0.3) is 0 Å². The molecule has 4 heteroatoms. The van der Waals surface area contributed by atoms with Crippen molar-refractivity contribution < 1.29 is 0 Å². The Morgan fingerprint density at radius 1 is 1.33 bits per heavy atom. The molecule has 92 valence electrons. The maximum absolute atomic E-state index is 8.75. The molecule has 0 aliphatic heterocycles. The molecule has 0 aliphatic carbocycles. The molecule has 1 heterocycles. The van der Waals surface area contributed by atoms with Gasteiger partial charge in [-0.05, 0) is 36.2 Å². The van der Waals surface area contributed by atoms with Gasteiger partial charge in [0.1, 0.15) is 0 Å². The third-order valence-electron chi connectivity index (χ3n) is 2.93. The lowest BCUT2D eigenvalue weighted by Crippen LogP contribution is -2.20. The molecule has 0 atom stereocenters. The molecule has 18 heavy (non-hydrogen) atoms. The molecule has 0 unspecified atom stereocenters. The summed E-state index contributed by atoms with van der Waals surface area (Å²) in [7, 11) is 3.98. The molecule has 2 rings (SSSR count). The largest absolute Gasteiger partial charge is 0.374 e. The first-order valence-electron chi connectivity index (χ1n) is 5.88. The maximum atomic E-state index is 8.75. The standard InChI is InChI=1S/C14H16N4/c1-17(8-7-13-10-16-18(2)11-13)14-5-3-12(9-15)4-6-14/h3-6,10-11H,7-8H2,1-2H3. The van der Waals surface area contributed by atoms with Gasteiger partial charge in [0.05, 0.1) is 17.8 Å². The van der Waals surface area contributed by atoms with Gasteiger partial charge in [-0.2, -0.15) is 10.4 Å². The molecule has 0 aliphatic rings. The second-order valence-corrected chi connectivity index (χ2v) is 4.35. The van der Waals surface area contributed by atoms with Crippen molar-refractivity contribution in [2.45, 2.75) is 6.42 Å². The van der Waals surface area contributed by atoms with Crippen LogP contribution in [0.15, 0.2) is 36.7 Å². The fourth-order valence-corrected chi connectivity index (χ4v) is 1.82. The summed E-state index contributed by atoms with van der Waals surface area (Å²) in [5.41, 5.74) is 3.05. The van der Waals surface area contributed by atoms with Crippen molar-refractivity contribution in [3.8, 4) is 6.07 Å². The van der Waals surface area contributed by atoms with Crippen LogP contribution in [-0.4, -0.2) is 23.4 Å². The first-order chi connectivity index (χ1) is 8.69. The van der Waals surface area contributed by atoms with Crippen LogP contribution in [0, 0.1) is 11.3 Å². The molecule has 0 fully saturated rings. The number of likely N-dealkylation sites (N-methyl/N-ethyl adjacent to an activating group) is 1. The Kier molecular flexibility index (Phi) is 3.63. The average Bonchev–Trinajstić information content (AvgIpc) is 2.82. The molecule has 0 spiro atoms. The van der Waals surface area contributed by atoms with Gasteiger partial charge < -0.3 is 4.90 Å². The molecular weight excluding hydrogens is 224 g/mol. The summed E-state index contributed by atoms with van der Waals surface area (Å²) < 4.78 is 1.82. The van der Waals surface area contributed by atoms with Crippen molar-refractivity contribution >= 4 is 5.69 Å². The van der Waals surface area contributed by atoms with Gasteiger partial charge in [0, 0.05) is 32.5 Å². The molecule has 0 amide bonds. The van der Waals surface area contributed by atoms with Crippen LogP contribution in [0.4, 0.5) is 5.69 Å². The van der Waals surface area contributed by atoms with E-state index in [1.54, 1.807) is 0 Å². The zero-order chi connectivity index (χ0) is 13.0. The first kappa shape index (κ1) is 12.2. The van der Waals surface area contributed by atoms with Crippen LogP contribution in [0.5, 0.6) is 0 Å². The summed E-state index contributed by atoms with van der Waals surface area (Å²) in [5, 5.41) is 12.9. The van der Waals surface area contributed by atoms with Gasteiger partial charge in [-0.3, -0.25) is 4.68 Å². The van der Waals surface area contributed by atoms with Crippen molar-refractivity contribution in [1.29, 1.82) is 5.26 Å². The Hall–Kier alpha value is -2.28. The Balaban J connectivity index is 1.95. The molecule has 0 bridgehead atoms. The predicted molar refractivity (Wildman–Crippen MR) is 71.3 cm³/mol. The van der Waals surface area contributed by atoms with Crippen molar-refractivity contribution in [3.63, 3.8) is 0 Å². The first-order valence-corrected chi connectivity index (χ1v) is 5.88. The lowest BCUT2D eigenvalue weighted by molar-refractivity contribution is 0.766. The molecule has 2 aromatic rings. The Morgan fingerprint density at radius 3 is 2.61 bits per heavy atom. The van der Waals surface area contributed by atoms with E-state index in [0.29, 0.717) is 5.56 Å². The highest BCUT2D eigenvalue weighted by atomic mass is 15.2. The molecule has 1 aromatic carbocycles. The van der Waals surface area contributed by atoms with E-state index < -0.39 is 0 Å². The Labute approximate surface area is 107 Å². The van der Waals surface area contributed by atoms with Gasteiger partial charge >= 0.3 is 0 Å². The SMILES string of the molecule is CN(CCc1cnn(C)c1)c1ccc(C#N)cc1. The third-order valence-corrected chi connectivity index (χ3v) is 2.93. The number of rotatable bonds is 4. The van der Waals surface area contributed by atoms with E-state index in [1.165, 1.54) is 5.56 Å². The summed E-state index contributed by atoms with van der Waals surface area (Å²) in [4.78, 5) is 2.17. The number of nitriles is 1. The molecule has 0 saturated heterocycles. The fraction of sp³-hybridized carbons (Fsp3) is 0.286. The smallest absolute Gasteiger partial charge is 0.0991 e. The molecule has 4 nitrogen and oxygen atoms in total. The van der Waals surface area contributed by atoms with E-state index in [2.05, 4.69) is 23.1 Å². The van der Waals surface area contributed by atoms with Crippen LogP contribution in [-0.2, 0) is 13.5 Å².